The molecule has 0 aromatic carbocycles. The number of hydrogen-bond acceptors (Lipinski definition) is 2. The van der Waals surface area contributed by atoms with E-state index < -0.39 is 6.17 Å². The van der Waals surface area contributed by atoms with Crippen molar-refractivity contribution in [1.29, 1.82) is 0 Å². The van der Waals surface area contributed by atoms with Gasteiger partial charge in [-0.25, -0.2) is 4.39 Å². The topological polar surface area (TPSA) is 24.1 Å². The van der Waals surface area contributed by atoms with Crippen LogP contribution in [0.4, 0.5) is 4.39 Å². The Bertz CT molecular complexity index is 97.6. The molecule has 1 rings (SSSR count). The van der Waals surface area contributed by atoms with Gasteiger partial charge < -0.3 is 10.6 Å². The van der Waals surface area contributed by atoms with Gasteiger partial charge in [-0.3, -0.25) is 0 Å². The van der Waals surface area contributed by atoms with E-state index in [0.717, 1.165) is 13.1 Å². The molecular weight excluding hydrogens is 131 g/mol. The molecule has 10 heavy (non-hydrogen) atoms. The SMILES string of the molecule is CCNCC1CC(F)CN1. The highest BCUT2D eigenvalue weighted by molar-refractivity contribution is 4.82. The molecule has 3 heteroatoms. The van der Waals surface area contributed by atoms with Gasteiger partial charge in [-0.1, -0.05) is 6.92 Å². The predicted octanol–water partition coefficient (Wildman–Crippen LogP) is 0.296. The van der Waals surface area contributed by atoms with E-state index in [4.69, 9.17) is 0 Å². The first-order valence-corrected chi connectivity index (χ1v) is 3.91. The largest absolute Gasteiger partial charge is 0.315 e. The van der Waals surface area contributed by atoms with E-state index in [1.807, 2.05) is 0 Å². The van der Waals surface area contributed by atoms with E-state index in [-0.39, 0.29) is 0 Å². The van der Waals surface area contributed by atoms with Crippen LogP contribution in [0.5, 0.6) is 0 Å². The van der Waals surface area contributed by atoms with Gasteiger partial charge in [0.2, 0.25) is 0 Å². The first kappa shape index (κ1) is 7.95. The third-order valence-electron chi connectivity index (χ3n) is 1.81. The van der Waals surface area contributed by atoms with Crippen LogP contribution in [0.3, 0.4) is 0 Å². The molecule has 1 aliphatic rings. The number of likely N-dealkylation sites (N-methyl/N-ethyl adjacent to an activating group) is 1. The molecule has 0 aliphatic carbocycles. The normalized spacial score (nSPS) is 33.0. The van der Waals surface area contributed by atoms with Crippen LogP contribution in [0.2, 0.25) is 0 Å². The van der Waals surface area contributed by atoms with Gasteiger partial charge in [-0.05, 0) is 13.0 Å². The van der Waals surface area contributed by atoms with Gasteiger partial charge in [0, 0.05) is 19.1 Å². The van der Waals surface area contributed by atoms with Crippen molar-refractivity contribution in [3.8, 4) is 0 Å². The van der Waals surface area contributed by atoms with Crippen molar-refractivity contribution in [2.45, 2.75) is 25.6 Å². The van der Waals surface area contributed by atoms with Gasteiger partial charge >= 0.3 is 0 Å². The third-order valence-corrected chi connectivity index (χ3v) is 1.81. The van der Waals surface area contributed by atoms with Crippen molar-refractivity contribution < 1.29 is 4.39 Å². The average molecular weight is 146 g/mol. The fourth-order valence-corrected chi connectivity index (χ4v) is 1.24. The summed E-state index contributed by atoms with van der Waals surface area (Å²) in [4.78, 5) is 0. The molecule has 0 aromatic heterocycles. The van der Waals surface area contributed by atoms with Crippen LogP contribution in [0.25, 0.3) is 0 Å². The van der Waals surface area contributed by atoms with Crippen molar-refractivity contribution in [2.75, 3.05) is 19.6 Å². The minimum atomic E-state index is -0.622. The van der Waals surface area contributed by atoms with Crippen LogP contribution < -0.4 is 10.6 Å². The molecule has 1 aliphatic heterocycles. The first-order valence-electron chi connectivity index (χ1n) is 3.91. The maximum absolute atomic E-state index is 12.5. The molecule has 2 nitrogen and oxygen atoms in total. The van der Waals surface area contributed by atoms with Crippen LogP contribution in [0.15, 0.2) is 0 Å². The number of halogens is 1. The Hall–Kier alpha value is -0.150. The minimum absolute atomic E-state index is 0.356. The summed E-state index contributed by atoms with van der Waals surface area (Å²) in [5.74, 6) is 0. The van der Waals surface area contributed by atoms with Crippen LogP contribution in [0, 0.1) is 0 Å². The standard InChI is InChI=1S/C7H15FN2/c1-2-9-5-7-3-6(8)4-10-7/h6-7,9-10H,2-5H2,1H3. The molecule has 1 fully saturated rings. The maximum atomic E-state index is 12.5. The molecule has 1 saturated heterocycles. The van der Waals surface area contributed by atoms with Crippen molar-refractivity contribution >= 4 is 0 Å². The van der Waals surface area contributed by atoms with Gasteiger partial charge in [0.25, 0.3) is 0 Å². The Kier molecular flexibility index (Phi) is 3.09. The zero-order valence-electron chi connectivity index (χ0n) is 6.36. The predicted molar refractivity (Wildman–Crippen MR) is 39.8 cm³/mol. The Morgan fingerprint density at radius 2 is 2.50 bits per heavy atom. The zero-order chi connectivity index (χ0) is 7.40. The van der Waals surface area contributed by atoms with Crippen molar-refractivity contribution in [3.05, 3.63) is 0 Å². The molecule has 2 atom stereocenters. The van der Waals surface area contributed by atoms with E-state index in [0.29, 0.717) is 19.0 Å². The first-order chi connectivity index (χ1) is 4.83. The second-order valence-electron chi connectivity index (χ2n) is 2.75. The van der Waals surface area contributed by atoms with E-state index in [1.165, 1.54) is 0 Å². The Morgan fingerprint density at radius 1 is 1.70 bits per heavy atom. The summed E-state index contributed by atoms with van der Waals surface area (Å²) < 4.78 is 12.5. The summed E-state index contributed by atoms with van der Waals surface area (Å²) in [6, 6.07) is 0.356. The number of alkyl halides is 1. The fraction of sp³-hybridized carbons (Fsp3) is 1.00. The number of hydrogen-bond donors (Lipinski definition) is 2. The minimum Gasteiger partial charge on any atom is -0.315 e. The van der Waals surface area contributed by atoms with Gasteiger partial charge in [0.15, 0.2) is 0 Å². The van der Waals surface area contributed by atoms with Crippen LogP contribution in [-0.4, -0.2) is 31.8 Å². The highest BCUT2D eigenvalue weighted by atomic mass is 19.1. The third kappa shape index (κ3) is 2.23. The Morgan fingerprint density at radius 3 is 3.00 bits per heavy atom. The molecule has 60 valence electrons. The Labute approximate surface area is 61.2 Å². The van der Waals surface area contributed by atoms with E-state index in [9.17, 15) is 4.39 Å². The summed E-state index contributed by atoms with van der Waals surface area (Å²) in [7, 11) is 0. The molecule has 0 radical (unpaired) electrons. The second-order valence-corrected chi connectivity index (χ2v) is 2.75. The molecule has 0 amide bonds. The number of rotatable bonds is 3. The van der Waals surface area contributed by atoms with Crippen molar-refractivity contribution in [3.63, 3.8) is 0 Å². The molecular formula is C7H15FN2. The molecule has 0 bridgehead atoms. The summed E-state index contributed by atoms with van der Waals surface area (Å²) >= 11 is 0. The lowest BCUT2D eigenvalue weighted by molar-refractivity contribution is 0.354. The Balaban J connectivity index is 2.06. The molecule has 0 saturated carbocycles. The molecule has 0 spiro atoms. The lowest BCUT2D eigenvalue weighted by Gasteiger charge is -2.08. The zero-order valence-corrected chi connectivity index (χ0v) is 6.36. The second kappa shape index (κ2) is 3.88. The van der Waals surface area contributed by atoms with Gasteiger partial charge in [-0.15, -0.1) is 0 Å². The molecule has 1 heterocycles. The van der Waals surface area contributed by atoms with Gasteiger partial charge in [-0.2, -0.15) is 0 Å². The molecule has 0 aromatic rings. The van der Waals surface area contributed by atoms with E-state index >= 15 is 0 Å². The quantitative estimate of drug-likeness (QED) is 0.598. The summed E-state index contributed by atoms with van der Waals surface area (Å²) in [6.07, 6.45) is 0.0520. The smallest absolute Gasteiger partial charge is 0.114 e. The highest BCUT2D eigenvalue weighted by Gasteiger charge is 2.22. The lowest BCUT2D eigenvalue weighted by atomic mass is 10.2. The number of nitrogens with one attached hydrogen (secondary N) is 2. The van der Waals surface area contributed by atoms with E-state index in [1.54, 1.807) is 0 Å². The van der Waals surface area contributed by atoms with Gasteiger partial charge in [0.05, 0.1) is 0 Å². The van der Waals surface area contributed by atoms with Gasteiger partial charge in [0.1, 0.15) is 6.17 Å². The van der Waals surface area contributed by atoms with Crippen molar-refractivity contribution in [2.24, 2.45) is 0 Å². The van der Waals surface area contributed by atoms with Crippen LogP contribution in [0.1, 0.15) is 13.3 Å². The maximum Gasteiger partial charge on any atom is 0.114 e. The fourth-order valence-electron chi connectivity index (χ4n) is 1.24. The van der Waals surface area contributed by atoms with Crippen LogP contribution in [-0.2, 0) is 0 Å². The van der Waals surface area contributed by atoms with Crippen LogP contribution >= 0.6 is 0 Å². The molecule has 2 unspecified atom stereocenters. The summed E-state index contributed by atoms with van der Waals surface area (Å²) in [5.41, 5.74) is 0. The van der Waals surface area contributed by atoms with E-state index in [2.05, 4.69) is 17.6 Å². The highest BCUT2D eigenvalue weighted by Crippen LogP contribution is 2.08. The monoisotopic (exact) mass is 146 g/mol. The van der Waals surface area contributed by atoms with Crippen molar-refractivity contribution in [1.82, 2.24) is 10.6 Å². The summed E-state index contributed by atoms with van der Waals surface area (Å²) in [6.45, 7) is 4.46. The lowest BCUT2D eigenvalue weighted by Crippen LogP contribution is -2.33. The average Bonchev–Trinajstić information content (AvgIpc) is 2.31. The molecule has 2 N–H and O–H groups in total. The summed E-state index contributed by atoms with van der Waals surface area (Å²) in [5, 5.41) is 6.29.